The Morgan fingerprint density at radius 1 is 1.25 bits per heavy atom. The van der Waals surface area contributed by atoms with Gasteiger partial charge in [0.05, 0.1) is 11.8 Å². The molecule has 3 heteroatoms. The van der Waals surface area contributed by atoms with Crippen LogP contribution in [0.2, 0.25) is 0 Å². The molecular weight excluding hydrogens is 204 g/mol. The molecule has 0 N–H and O–H groups in total. The van der Waals surface area contributed by atoms with Crippen molar-refractivity contribution in [1.29, 1.82) is 0 Å². The topological polar surface area (TPSA) is 43.4 Å². The van der Waals surface area contributed by atoms with Crippen molar-refractivity contribution < 1.29 is 14.3 Å². The van der Waals surface area contributed by atoms with Crippen molar-refractivity contribution in [1.82, 2.24) is 0 Å². The van der Waals surface area contributed by atoms with Crippen molar-refractivity contribution in [2.24, 2.45) is 28.6 Å². The third-order valence-corrected chi connectivity index (χ3v) is 4.73. The van der Waals surface area contributed by atoms with Gasteiger partial charge in [0.2, 0.25) is 0 Å². The zero-order chi connectivity index (χ0) is 12.3. The molecule has 2 aliphatic rings. The average molecular weight is 224 g/mol. The van der Waals surface area contributed by atoms with Crippen LogP contribution in [0.5, 0.6) is 0 Å². The maximum atomic E-state index is 11.9. The predicted molar refractivity (Wildman–Crippen MR) is 59.4 cm³/mol. The number of esters is 2. The summed E-state index contributed by atoms with van der Waals surface area (Å²) < 4.78 is 4.90. The molecule has 0 aromatic carbocycles. The van der Waals surface area contributed by atoms with E-state index in [9.17, 15) is 9.59 Å². The minimum absolute atomic E-state index is 0.0685. The molecule has 1 aliphatic heterocycles. The second-order valence-corrected chi connectivity index (χ2v) is 6.38. The highest BCUT2D eigenvalue weighted by Crippen LogP contribution is 2.67. The predicted octanol–water partition coefficient (Wildman–Crippen LogP) is 2.39. The quantitative estimate of drug-likeness (QED) is 0.534. The van der Waals surface area contributed by atoms with E-state index in [0.717, 1.165) is 6.42 Å². The first-order valence-electron chi connectivity index (χ1n) is 5.99. The molecule has 90 valence electrons. The fraction of sp³-hybridized carbons (Fsp3) is 0.846. The van der Waals surface area contributed by atoms with E-state index in [1.165, 1.54) is 0 Å². The van der Waals surface area contributed by atoms with E-state index in [1.807, 2.05) is 0 Å². The lowest BCUT2D eigenvalue weighted by molar-refractivity contribution is -0.172. The molecule has 0 aromatic rings. The molecular formula is C13H20O3. The maximum Gasteiger partial charge on any atom is 0.317 e. The molecule has 0 amide bonds. The van der Waals surface area contributed by atoms with Gasteiger partial charge >= 0.3 is 11.9 Å². The summed E-state index contributed by atoms with van der Waals surface area (Å²) in [5.74, 6) is -0.653. The van der Waals surface area contributed by atoms with Gasteiger partial charge in [-0.15, -0.1) is 0 Å². The number of carbonyl (C=O) groups is 2. The van der Waals surface area contributed by atoms with E-state index in [1.54, 1.807) is 0 Å². The maximum absolute atomic E-state index is 11.9. The van der Waals surface area contributed by atoms with Crippen LogP contribution in [0.15, 0.2) is 0 Å². The van der Waals surface area contributed by atoms with Crippen molar-refractivity contribution in [2.75, 3.05) is 0 Å². The molecule has 2 rings (SSSR count). The molecule has 1 aliphatic carbocycles. The smallest absolute Gasteiger partial charge is 0.317 e. The van der Waals surface area contributed by atoms with Crippen LogP contribution in [0.4, 0.5) is 0 Å². The van der Waals surface area contributed by atoms with Gasteiger partial charge in [-0.05, 0) is 16.7 Å². The van der Waals surface area contributed by atoms with Gasteiger partial charge in [-0.1, -0.05) is 41.0 Å². The molecule has 0 spiro atoms. The lowest BCUT2D eigenvalue weighted by Crippen LogP contribution is -2.39. The summed E-state index contributed by atoms with van der Waals surface area (Å²) in [4.78, 5) is 23.5. The monoisotopic (exact) mass is 224 g/mol. The van der Waals surface area contributed by atoms with Crippen molar-refractivity contribution in [3.63, 3.8) is 0 Å². The van der Waals surface area contributed by atoms with E-state index < -0.39 is 0 Å². The normalized spacial score (nSPS) is 36.7. The van der Waals surface area contributed by atoms with Crippen molar-refractivity contribution in [3.05, 3.63) is 0 Å². The fourth-order valence-corrected chi connectivity index (χ4v) is 3.15. The number of hydrogen-bond donors (Lipinski definition) is 0. The second kappa shape index (κ2) is 3.08. The number of rotatable bonds is 2. The number of ether oxygens (including phenoxy) is 1. The first kappa shape index (κ1) is 11.6. The molecule has 16 heavy (non-hydrogen) atoms. The Kier molecular flexibility index (Phi) is 2.24. The van der Waals surface area contributed by atoms with Gasteiger partial charge in [-0.2, -0.15) is 0 Å². The molecule has 1 saturated heterocycles. The van der Waals surface area contributed by atoms with E-state index >= 15 is 0 Å². The molecule has 0 bridgehead atoms. The van der Waals surface area contributed by atoms with Gasteiger partial charge in [0.15, 0.2) is 0 Å². The second-order valence-electron chi connectivity index (χ2n) is 6.38. The van der Waals surface area contributed by atoms with Crippen molar-refractivity contribution in [2.45, 2.75) is 41.0 Å². The minimum atomic E-state index is -0.317. The minimum Gasteiger partial charge on any atom is -0.393 e. The Morgan fingerprint density at radius 2 is 1.81 bits per heavy atom. The van der Waals surface area contributed by atoms with Crippen LogP contribution in [0.1, 0.15) is 41.0 Å². The zero-order valence-electron chi connectivity index (χ0n) is 10.7. The summed E-state index contributed by atoms with van der Waals surface area (Å²) in [5, 5.41) is 0. The lowest BCUT2D eigenvalue weighted by atomic mass is 9.72. The Balaban J connectivity index is 2.34. The first-order valence-corrected chi connectivity index (χ1v) is 5.99. The highest BCUT2D eigenvalue weighted by molar-refractivity contribution is 5.95. The molecule has 2 fully saturated rings. The zero-order valence-corrected chi connectivity index (χ0v) is 10.7. The molecule has 3 unspecified atom stereocenters. The van der Waals surface area contributed by atoms with Gasteiger partial charge in [0, 0.05) is 0 Å². The van der Waals surface area contributed by atoms with E-state index in [2.05, 4.69) is 34.6 Å². The van der Waals surface area contributed by atoms with Crippen LogP contribution < -0.4 is 0 Å². The third-order valence-electron chi connectivity index (χ3n) is 4.73. The van der Waals surface area contributed by atoms with Gasteiger partial charge in [0.25, 0.3) is 0 Å². The van der Waals surface area contributed by atoms with Crippen LogP contribution in [0.25, 0.3) is 0 Å². The number of fused-ring (bicyclic) bond motifs is 1. The summed E-state index contributed by atoms with van der Waals surface area (Å²) in [5.41, 5.74) is -0.158. The van der Waals surface area contributed by atoms with Gasteiger partial charge < -0.3 is 4.74 Å². The Bertz CT molecular complexity index is 354. The highest BCUT2D eigenvalue weighted by Gasteiger charge is 2.71. The Morgan fingerprint density at radius 3 is 2.31 bits per heavy atom. The summed E-state index contributed by atoms with van der Waals surface area (Å²) in [7, 11) is 0. The lowest BCUT2D eigenvalue weighted by Gasteiger charge is -2.34. The summed E-state index contributed by atoms with van der Waals surface area (Å²) in [6.07, 6.45) is 0.917. The molecule has 1 saturated carbocycles. The van der Waals surface area contributed by atoms with Crippen LogP contribution in [0, 0.1) is 28.6 Å². The highest BCUT2D eigenvalue weighted by atomic mass is 16.6. The molecule has 3 atom stereocenters. The van der Waals surface area contributed by atoms with E-state index in [0.29, 0.717) is 0 Å². The fourth-order valence-electron chi connectivity index (χ4n) is 3.15. The number of cyclic esters (lactones) is 2. The van der Waals surface area contributed by atoms with Gasteiger partial charge in [0.1, 0.15) is 0 Å². The molecule has 3 nitrogen and oxygen atoms in total. The standard InChI is InChI=1S/C13H20O3/c1-6-12(2,3)8-7-9(13(7,4)5)11(15)16-10(8)14/h7-9H,6H2,1-5H3. The van der Waals surface area contributed by atoms with Crippen molar-refractivity contribution in [3.8, 4) is 0 Å². The first-order chi connectivity index (χ1) is 7.23. The van der Waals surface area contributed by atoms with E-state index in [-0.39, 0.29) is 40.5 Å². The third kappa shape index (κ3) is 1.33. The molecule has 1 heterocycles. The average Bonchev–Trinajstić information content (AvgIpc) is 2.69. The van der Waals surface area contributed by atoms with Crippen LogP contribution >= 0.6 is 0 Å². The van der Waals surface area contributed by atoms with Gasteiger partial charge in [-0.3, -0.25) is 9.59 Å². The molecule has 0 radical (unpaired) electrons. The van der Waals surface area contributed by atoms with Crippen LogP contribution in [0.3, 0.4) is 0 Å². The Hall–Kier alpha value is -0.860. The molecule has 0 aromatic heterocycles. The van der Waals surface area contributed by atoms with Gasteiger partial charge in [-0.25, -0.2) is 0 Å². The summed E-state index contributed by atoms with van der Waals surface area (Å²) in [6.45, 7) is 10.4. The van der Waals surface area contributed by atoms with Crippen molar-refractivity contribution >= 4 is 11.9 Å². The number of carbonyl (C=O) groups excluding carboxylic acids is 2. The van der Waals surface area contributed by atoms with E-state index in [4.69, 9.17) is 4.74 Å². The SMILES string of the molecule is CCC(C)(C)C1C(=O)OC(=O)C2C1C2(C)C. The van der Waals surface area contributed by atoms with Crippen LogP contribution in [-0.2, 0) is 14.3 Å². The summed E-state index contributed by atoms with van der Waals surface area (Å²) in [6, 6.07) is 0. The summed E-state index contributed by atoms with van der Waals surface area (Å²) >= 11 is 0. The largest absolute Gasteiger partial charge is 0.393 e. The van der Waals surface area contributed by atoms with Crippen LogP contribution in [-0.4, -0.2) is 11.9 Å². The number of hydrogen-bond acceptors (Lipinski definition) is 3. The Labute approximate surface area is 96.5 Å².